The fourth-order valence-electron chi connectivity index (χ4n) is 4.22. The first-order valence-corrected chi connectivity index (χ1v) is 12.5. The van der Waals surface area contributed by atoms with Crippen molar-refractivity contribution in [1.29, 1.82) is 10.5 Å². The summed E-state index contributed by atoms with van der Waals surface area (Å²) in [6.45, 7) is 3.96. The maximum Gasteiger partial charge on any atom is 0.219 e. The van der Waals surface area contributed by atoms with Crippen LogP contribution in [0.3, 0.4) is 0 Å². The molecule has 11 heteroatoms. The summed E-state index contributed by atoms with van der Waals surface area (Å²) in [5.74, 6) is -1.27. The largest absolute Gasteiger partial charge is 0.384 e. The second-order valence-electron chi connectivity index (χ2n) is 8.44. The number of nitriles is 2. The summed E-state index contributed by atoms with van der Waals surface area (Å²) in [5, 5.41) is 27.6. The Morgan fingerprint density at radius 2 is 2.12 bits per heavy atom. The van der Waals surface area contributed by atoms with E-state index in [0.29, 0.717) is 31.6 Å². The van der Waals surface area contributed by atoms with E-state index >= 15 is 4.39 Å². The molecule has 2 aromatic rings. The van der Waals surface area contributed by atoms with Gasteiger partial charge in [0.25, 0.3) is 0 Å². The van der Waals surface area contributed by atoms with Crippen LogP contribution in [0.25, 0.3) is 0 Å². The number of allylic oxidation sites excluding steroid dienone is 3. The molecule has 0 saturated carbocycles. The Balaban J connectivity index is 1.94. The number of anilines is 1. The average Bonchev–Trinajstić information content (AvgIpc) is 3.19. The van der Waals surface area contributed by atoms with E-state index in [1.807, 2.05) is 19.9 Å². The molecule has 1 unspecified atom stereocenters. The van der Waals surface area contributed by atoms with Crippen LogP contribution in [-0.2, 0) is 4.79 Å². The normalized spacial score (nSPS) is 19.9. The maximum absolute atomic E-state index is 15.1. The number of Topliss-reactive ketones (excluding diaryl/α,β-unsaturated/α-hetero) is 1. The van der Waals surface area contributed by atoms with Crippen molar-refractivity contribution in [3.05, 3.63) is 56.7 Å². The smallest absolute Gasteiger partial charge is 0.219 e. The number of benzene rings is 1. The quantitative estimate of drug-likeness (QED) is 0.534. The third-order valence-electron chi connectivity index (χ3n) is 5.50. The molecule has 0 spiro atoms. The van der Waals surface area contributed by atoms with Crippen LogP contribution in [0.1, 0.15) is 38.2 Å². The topological polar surface area (TPSA) is 120 Å². The van der Waals surface area contributed by atoms with Crippen LogP contribution in [-0.4, -0.2) is 21.7 Å². The summed E-state index contributed by atoms with van der Waals surface area (Å²) in [6, 6.07) is 8.72. The molecule has 7 nitrogen and oxygen atoms in total. The van der Waals surface area contributed by atoms with Gasteiger partial charge in [0.05, 0.1) is 29.4 Å². The molecule has 0 bridgehead atoms. The van der Waals surface area contributed by atoms with Crippen LogP contribution in [0.2, 0.25) is 0 Å². The Bertz CT molecular complexity index is 1300. The Labute approximate surface area is 206 Å². The molecule has 0 amide bonds. The molecular formula is C22H18BrFN6OS2. The highest BCUT2D eigenvalue weighted by Gasteiger charge is 2.46. The molecule has 0 fully saturated rings. The molecule has 0 saturated heterocycles. The zero-order valence-corrected chi connectivity index (χ0v) is 20.9. The van der Waals surface area contributed by atoms with Gasteiger partial charge in [-0.1, -0.05) is 58.9 Å². The summed E-state index contributed by atoms with van der Waals surface area (Å²) in [6.07, 6.45) is 0.759. The SMILES string of the molecule is CC1(C)CC(=O)C2=C(C1)N(c1nnc(SCC#N)s1)C(N)=C(C#N)C2c1ccc(Br)cc1F. The number of aromatic nitrogens is 2. The molecular weight excluding hydrogens is 527 g/mol. The molecule has 33 heavy (non-hydrogen) atoms. The van der Waals surface area contributed by atoms with Crippen molar-refractivity contribution in [1.82, 2.24) is 10.2 Å². The Hall–Kier alpha value is -2.73. The fraction of sp³-hybridized carbons (Fsp3) is 0.318. The zero-order valence-electron chi connectivity index (χ0n) is 17.7. The third-order valence-corrected chi connectivity index (χ3v) is 7.90. The molecule has 1 aliphatic carbocycles. The molecule has 1 aromatic carbocycles. The lowest BCUT2D eigenvalue weighted by Crippen LogP contribution is -2.42. The van der Waals surface area contributed by atoms with Crippen LogP contribution < -0.4 is 10.6 Å². The number of nitrogens with two attached hydrogens (primary N) is 1. The second kappa shape index (κ2) is 8.90. The number of nitrogens with zero attached hydrogens (tertiary/aromatic N) is 5. The molecule has 1 atom stereocenters. The highest BCUT2D eigenvalue weighted by Crippen LogP contribution is 2.51. The van der Waals surface area contributed by atoms with E-state index in [0.717, 1.165) is 0 Å². The summed E-state index contributed by atoms with van der Waals surface area (Å²) in [7, 11) is 0. The van der Waals surface area contributed by atoms with Gasteiger partial charge in [-0.05, 0) is 24.0 Å². The number of carbonyl (C=O) groups is 1. The van der Waals surface area contributed by atoms with E-state index in [9.17, 15) is 10.1 Å². The third kappa shape index (κ3) is 4.29. The van der Waals surface area contributed by atoms with Crippen molar-refractivity contribution in [2.24, 2.45) is 11.1 Å². The Morgan fingerprint density at radius 3 is 2.79 bits per heavy atom. The predicted molar refractivity (Wildman–Crippen MR) is 127 cm³/mol. The molecule has 168 valence electrons. The van der Waals surface area contributed by atoms with E-state index in [4.69, 9.17) is 11.0 Å². The van der Waals surface area contributed by atoms with Gasteiger partial charge < -0.3 is 5.73 Å². The summed E-state index contributed by atoms with van der Waals surface area (Å²) in [4.78, 5) is 15.0. The van der Waals surface area contributed by atoms with Crippen LogP contribution in [0.15, 0.2) is 49.7 Å². The molecule has 1 aliphatic heterocycles. The van der Waals surface area contributed by atoms with Crippen molar-refractivity contribution in [2.75, 3.05) is 10.7 Å². The van der Waals surface area contributed by atoms with Crippen molar-refractivity contribution < 1.29 is 9.18 Å². The lowest BCUT2D eigenvalue weighted by atomic mass is 9.68. The molecule has 2 N–H and O–H groups in total. The summed E-state index contributed by atoms with van der Waals surface area (Å²) < 4.78 is 16.2. The zero-order chi connectivity index (χ0) is 23.9. The van der Waals surface area contributed by atoms with Crippen LogP contribution in [0, 0.1) is 33.9 Å². The molecule has 4 rings (SSSR count). The number of hydrogen-bond donors (Lipinski definition) is 1. The van der Waals surface area contributed by atoms with Gasteiger partial charge in [0.2, 0.25) is 5.13 Å². The molecule has 1 aromatic heterocycles. The lowest BCUT2D eigenvalue weighted by molar-refractivity contribution is -0.118. The number of hydrogen-bond acceptors (Lipinski definition) is 9. The van der Waals surface area contributed by atoms with Crippen molar-refractivity contribution in [3.8, 4) is 12.1 Å². The number of halogens is 2. The van der Waals surface area contributed by atoms with Gasteiger partial charge in [-0.25, -0.2) is 4.39 Å². The van der Waals surface area contributed by atoms with E-state index in [1.165, 1.54) is 29.2 Å². The standard InChI is InChI=1S/C22H18BrFN6OS2/c1-22(2)8-15-18(16(31)9-22)17(12-4-3-11(23)7-14(12)24)13(10-26)19(27)30(15)20-28-29-21(33-20)32-6-5-25/h3-4,7,17H,6,8-9,27H2,1-2H3. The van der Waals surface area contributed by atoms with E-state index in [-0.39, 0.29) is 40.3 Å². The highest BCUT2D eigenvalue weighted by molar-refractivity contribution is 9.10. The average molecular weight is 545 g/mol. The number of ketones is 1. The Kier molecular flexibility index (Phi) is 6.32. The number of rotatable bonds is 4. The molecule has 2 heterocycles. The van der Waals surface area contributed by atoms with Gasteiger partial charge in [0, 0.05) is 27.7 Å². The molecule has 2 aliphatic rings. The summed E-state index contributed by atoms with van der Waals surface area (Å²) >= 11 is 5.72. The number of carbonyl (C=O) groups excluding carboxylic acids is 1. The van der Waals surface area contributed by atoms with Crippen LogP contribution in [0.4, 0.5) is 9.52 Å². The number of thioether (sulfide) groups is 1. The highest BCUT2D eigenvalue weighted by atomic mass is 79.9. The van der Waals surface area contributed by atoms with Gasteiger partial charge >= 0.3 is 0 Å². The van der Waals surface area contributed by atoms with Gasteiger partial charge in [0.1, 0.15) is 11.6 Å². The van der Waals surface area contributed by atoms with Gasteiger partial charge in [-0.2, -0.15) is 10.5 Å². The van der Waals surface area contributed by atoms with Crippen molar-refractivity contribution in [2.45, 2.75) is 36.9 Å². The van der Waals surface area contributed by atoms with Gasteiger partial charge in [-0.3, -0.25) is 9.69 Å². The first kappa shape index (κ1) is 23.4. The second-order valence-corrected chi connectivity index (χ2v) is 11.5. The van der Waals surface area contributed by atoms with Gasteiger partial charge in [0.15, 0.2) is 10.1 Å². The van der Waals surface area contributed by atoms with Crippen LogP contribution in [0.5, 0.6) is 0 Å². The van der Waals surface area contributed by atoms with Gasteiger partial charge in [-0.15, -0.1) is 10.2 Å². The van der Waals surface area contributed by atoms with E-state index < -0.39 is 11.7 Å². The van der Waals surface area contributed by atoms with E-state index in [1.54, 1.807) is 17.0 Å². The van der Waals surface area contributed by atoms with E-state index in [2.05, 4.69) is 32.2 Å². The summed E-state index contributed by atoms with van der Waals surface area (Å²) in [5.41, 5.74) is 7.43. The first-order valence-electron chi connectivity index (χ1n) is 9.91. The molecule has 0 radical (unpaired) electrons. The minimum absolute atomic E-state index is 0.0875. The monoisotopic (exact) mass is 544 g/mol. The van der Waals surface area contributed by atoms with Crippen LogP contribution >= 0.6 is 39.0 Å². The Morgan fingerprint density at radius 1 is 1.36 bits per heavy atom. The first-order chi connectivity index (χ1) is 15.7. The lowest BCUT2D eigenvalue weighted by Gasteiger charge is -2.42. The predicted octanol–water partition coefficient (Wildman–Crippen LogP) is 5.00. The van der Waals surface area contributed by atoms with Crippen molar-refractivity contribution in [3.63, 3.8) is 0 Å². The minimum Gasteiger partial charge on any atom is -0.384 e. The van der Waals surface area contributed by atoms with Crippen molar-refractivity contribution >= 4 is 49.9 Å². The minimum atomic E-state index is -0.904. The maximum atomic E-state index is 15.1. The fourth-order valence-corrected chi connectivity index (χ4v) is 6.09.